The van der Waals surface area contributed by atoms with Crippen LogP contribution in [-0.4, -0.2) is 39.2 Å². The molecule has 162 valence electrons. The fourth-order valence-corrected chi connectivity index (χ4v) is 4.43. The van der Waals surface area contributed by atoms with E-state index < -0.39 is 27.9 Å². The van der Waals surface area contributed by atoms with Crippen molar-refractivity contribution < 1.29 is 22.7 Å². The summed E-state index contributed by atoms with van der Waals surface area (Å²) in [7, 11) is -3.79. The molecule has 0 aliphatic rings. The van der Waals surface area contributed by atoms with Crippen LogP contribution in [0.2, 0.25) is 5.02 Å². The third-order valence-corrected chi connectivity index (χ3v) is 6.05. The van der Waals surface area contributed by atoms with E-state index in [1.807, 2.05) is 0 Å². The van der Waals surface area contributed by atoms with Gasteiger partial charge in [0.1, 0.15) is 6.04 Å². The lowest BCUT2D eigenvalue weighted by Gasteiger charge is -2.29. The third kappa shape index (κ3) is 5.31. The molecule has 0 heterocycles. The molecule has 1 N–H and O–H groups in total. The van der Waals surface area contributed by atoms with Gasteiger partial charge in [0.15, 0.2) is 0 Å². The number of hydrogen-bond acceptors (Lipinski definition) is 5. The normalized spacial score (nSPS) is 12.2. The van der Waals surface area contributed by atoms with Gasteiger partial charge in [-0.1, -0.05) is 23.7 Å². The maximum Gasteiger partial charge on any atom is 0.338 e. The number of carbonyl (C=O) groups is 2. The first-order chi connectivity index (χ1) is 14.0. The Morgan fingerprint density at radius 2 is 1.87 bits per heavy atom. The number of hydrogen-bond donors (Lipinski definition) is 1. The smallest absolute Gasteiger partial charge is 0.338 e. The van der Waals surface area contributed by atoms with Crippen LogP contribution in [0.5, 0.6) is 0 Å². The monoisotopic (exact) mass is 452 g/mol. The van der Waals surface area contributed by atoms with Crippen molar-refractivity contribution in [2.24, 2.45) is 0 Å². The maximum absolute atomic E-state index is 13.0. The number of nitrogens with one attached hydrogen (secondary N) is 1. The quantitative estimate of drug-likeness (QED) is 0.642. The van der Waals surface area contributed by atoms with E-state index in [2.05, 4.69) is 5.32 Å². The molecule has 0 fully saturated rings. The van der Waals surface area contributed by atoms with Gasteiger partial charge in [0.25, 0.3) is 0 Å². The van der Waals surface area contributed by atoms with Crippen LogP contribution in [-0.2, 0) is 19.6 Å². The summed E-state index contributed by atoms with van der Waals surface area (Å²) in [4.78, 5) is 25.1. The Morgan fingerprint density at radius 3 is 2.47 bits per heavy atom. The predicted octanol–water partition coefficient (Wildman–Crippen LogP) is 3.93. The molecule has 0 spiro atoms. The fraction of sp³-hybridized carbons (Fsp3) is 0.333. The Balaban J connectivity index is 2.39. The Bertz CT molecular complexity index is 1070. The van der Waals surface area contributed by atoms with Gasteiger partial charge in [-0.25, -0.2) is 13.2 Å². The molecule has 0 saturated heterocycles. The van der Waals surface area contributed by atoms with Crippen molar-refractivity contribution in [3.8, 4) is 0 Å². The number of esters is 1. The lowest BCUT2D eigenvalue weighted by atomic mass is 10.1. The van der Waals surface area contributed by atoms with Crippen LogP contribution in [0.3, 0.4) is 0 Å². The number of halogens is 1. The van der Waals surface area contributed by atoms with E-state index in [4.69, 9.17) is 16.3 Å². The van der Waals surface area contributed by atoms with Crippen molar-refractivity contribution in [3.63, 3.8) is 0 Å². The molecule has 2 rings (SSSR count). The summed E-state index contributed by atoms with van der Waals surface area (Å²) >= 11 is 6.05. The van der Waals surface area contributed by atoms with E-state index >= 15 is 0 Å². The highest BCUT2D eigenvalue weighted by atomic mass is 35.5. The van der Waals surface area contributed by atoms with Crippen LogP contribution in [0.1, 0.15) is 35.3 Å². The number of sulfonamides is 1. The van der Waals surface area contributed by atoms with Crippen LogP contribution in [0.4, 0.5) is 11.4 Å². The summed E-state index contributed by atoms with van der Waals surface area (Å²) in [6.45, 7) is 6.84. The van der Waals surface area contributed by atoms with Crippen molar-refractivity contribution in [1.82, 2.24) is 0 Å². The summed E-state index contributed by atoms with van der Waals surface area (Å²) < 4.78 is 31.1. The highest BCUT2D eigenvalue weighted by molar-refractivity contribution is 7.92. The molecular formula is C21H25ClN2O5S. The van der Waals surface area contributed by atoms with E-state index in [9.17, 15) is 18.0 Å². The molecule has 1 amide bonds. The first-order valence-electron chi connectivity index (χ1n) is 9.30. The number of rotatable bonds is 7. The number of amides is 1. The molecular weight excluding hydrogens is 428 g/mol. The Hall–Kier alpha value is -2.58. The summed E-state index contributed by atoms with van der Waals surface area (Å²) in [5.74, 6) is -1.05. The summed E-state index contributed by atoms with van der Waals surface area (Å²) in [6, 6.07) is 8.64. The molecule has 30 heavy (non-hydrogen) atoms. The van der Waals surface area contributed by atoms with E-state index in [0.717, 1.165) is 10.6 Å². The summed E-state index contributed by atoms with van der Waals surface area (Å²) in [6.07, 6.45) is 1.03. The number of benzene rings is 2. The van der Waals surface area contributed by atoms with E-state index in [1.165, 1.54) is 13.0 Å². The van der Waals surface area contributed by atoms with Crippen molar-refractivity contribution in [2.75, 3.05) is 22.5 Å². The molecule has 1 atom stereocenters. The second kappa shape index (κ2) is 9.49. The zero-order valence-electron chi connectivity index (χ0n) is 17.5. The van der Waals surface area contributed by atoms with Crippen molar-refractivity contribution in [3.05, 3.63) is 58.1 Å². The largest absolute Gasteiger partial charge is 0.462 e. The molecule has 0 bridgehead atoms. The predicted molar refractivity (Wildman–Crippen MR) is 119 cm³/mol. The maximum atomic E-state index is 13.0. The first-order valence-corrected chi connectivity index (χ1v) is 11.5. The van der Waals surface area contributed by atoms with Gasteiger partial charge < -0.3 is 10.1 Å². The van der Waals surface area contributed by atoms with Gasteiger partial charge in [-0.05, 0) is 63.1 Å². The summed E-state index contributed by atoms with van der Waals surface area (Å²) in [5, 5.41) is 3.07. The zero-order valence-corrected chi connectivity index (χ0v) is 19.1. The van der Waals surface area contributed by atoms with Gasteiger partial charge in [0, 0.05) is 10.7 Å². The molecule has 0 aromatic heterocycles. The lowest BCUT2D eigenvalue weighted by molar-refractivity contribution is -0.116. The van der Waals surface area contributed by atoms with Crippen LogP contribution < -0.4 is 9.62 Å². The van der Waals surface area contributed by atoms with Crippen molar-refractivity contribution in [2.45, 2.75) is 33.7 Å². The molecule has 9 heteroatoms. The highest BCUT2D eigenvalue weighted by Crippen LogP contribution is 2.29. The number of anilines is 2. The number of carbonyl (C=O) groups excluding carboxylic acids is 2. The second-order valence-electron chi connectivity index (χ2n) is 6.85. The van der Waals surface area contributed by atoms with Crippen molar-refractivity contribution in [1.29, 1.82) is 0 Å². The van der Waals surface area contributed by atoms with E-state index in [-0.39, 0.29) is 6.61 Å². The van der Waals surface area contributed by atoms with E-state index in [0.29, 0.717) is 33.1 Å². The molecule has 0 radical (unpaired) electrons. The Kier molecular flexibility index (Phi) is 7.49. The molecule has 0 unspecified atom stereocenters. The Morgan fingerprint density at radius 1 is 1.20 bits per heavy atom. The molecule has 2 aromatic carbocycles. The van der Waals surface area contributed by atoms with Crippen LogP contribution >= 0.6 is 11.6 Å². The van der Waals surface area contributed by atoms with Gasteiger partial charge in [-0.15, -0.1) is 0 Å². The molecule has 0 aliphatic carbocycles. The average molecular weight is 453 g/mol. The number of ether oxygens (including phenoxy) is 1. The van der Waals surface area contributed by atoms with Crippen LogP contribution in [0, 0.1) is 13.8 Å². The lowest BCUT2D eigenvalue weighted by Crippen LogP contribution is -2.45. The minimum Gasteiger partial charge on any atom is -0.462 e. The molecule has 0 aliphatic heterocycles. The van der Waals surface area contributed by atoms with Gasteiger partial charge in [-0.2, -0.15) is 0 Å². The number of aryl methyl sites for hydroxylation is 1. The third-order valence-electron chi connectivity index (χ3n) is 4.58. The minimum absolute atomic E-state index is 0.230. The number of nitrogens with zero attached hydrogens (tertiary/aromatic N) is 1. The van der Waals surface area contributed by atoms with Gasteiger partial charge >= 0.3 is 5.97 Å². The molecule has 7 nitrogen and oxygen atoms in total. The average Bonchev–Trinajstić information content (AvgIpc) is 2.65. The minimum atomic E-state index is -3.79. The Labute approximate surface area is 182 Å². The van der Waals surface area contributed by atoms with Gasteiger partial charge in [0.05, 0.1) is 24.1 Å². The highest BCUT2D eigenvalue weighted by Gasteiger charge is 2.30. The summed E-state index contributed by atoms with van der Waals surface area (Å²) in [5.41, 5.74) is 2.23. The first kappa shape index (κ1) is 23.7. The zero-order chi connectivity index (χ0) is 22.6. The molecule has 2 aromatic rings. The van der Waals surface area contributed by atoms with E-state index in [1.54, 1.807) is 51.1 Å². The molecule has 0 saturated carbocycles. The topological polar surface area (TPSA) is 92.8 Å². The SMILES string of the molecule is CCOC(=O)c1cccc(NC(=O)[C@@H](C)N(c2cc(Cl)ccc2C)S(C)(=O)=O)c1C. The standard InChI is InChI=1S/C21H25ClN2O5S/c1-6-29-21(26)17-8-7-9-18(14(17)3)23-20(25)15(4)24(30(5,27)28)19-12-16(22)11-10-13(19)2/h7-12,15H,6H2,1-5H3,(H,23,25)/t15-/m1/s1. The van der Waals surface area contributed by atoms with Crippen LogP contribution in [0.25, 0.3) is 0 Å². The van der Waals surface area contributed by atoms with Gasteiger partial charge in [0.2, 0.25) is 15.9 Å². The van der Waals surface area contributed by atoms with Gasteiger partial charge in [-0.3, -0.25) is 9.10 Å². The second-order valence-corrected chi connectivity index (χ2v) is 9.15. The van der Waals surface area contributed by atoms with Crippen LogP contribution in [0.15, 0.2) is 36.4 Å². The fourth-order valence-electron chi connectivity index (χ4n) is 3.04. The van der Waals surface area contributed by atoms with Crippen molar-refractivity contribution >= 4 is 44.9 Å².